The molecule has 0 aliphatic carbocycles. The molecule has 0 N–H and O–H groups in total. The topological polar surface area (TPSA) is 15.8 Å². The number of ether oxygens (including phenoxy) is 1. The summed E-state index contributed by atoms with van der Waals surface area (Å²) in [4.78, 5) is 2.55. The van der Waals surface area contributed by atoms with Crippen LogP contribution in [-0.4, -0.2) is 24.2 Å². The highest BCUT2D eigenvalue weighted by Crippen LogP contribution is 2.45. The largest absolute Gasteiger partial charge is 0.348 e. The van der Waals surface area contributed by atoms with Crippen molar-refractivity contribution in [3.05, 3.63) is 48.6 Å². The Balaban J connectivity index is 1.66. The van der Waals surface area contributed by atoms with E-state index in [1.54, 1.807) is 0 Å². The van der Waals surface area contributed by atoms with Crippen LogP contribution < -0.4 is 0 Å². The van der Waals surface area contributed by atoms with Crippen molar-refractivity contribution in [2.75, 3.05) is 13.1 Å². The fourth-order valence-corrected chi connectivity index (χ4v) is 3.64. The van der Waals surface area contributed by atoms with E-state index in [0.29, 0.717) is 11.6 Å². The third-order valence-corrected chi connectivity index (χ3v) is 4.97. The molecule has 2 heteroatoms. The minimum absolute atomic E-state index is 0.285. The summed E-state index contributed by atoms with van der Waals surface area (Å²) in [5.41, 5.74) is 1.74. The Morgan fingerprint density at radius 3 is 2.90 bits per heavy atom. The molecule has 2 fully saturated rings. The number of likely N-dealkylation sites (tertiary alicyclic amines) is 1. The molecule has 0 radical (unpaired) electrons. The highest BCUT2D eigenvalue weighted by atomic mass is 16.6. The number of piperidine rings is 1. The van der Waals surface area contributed by atoms with Crippen molar-refractivity contribution < 1.29 is 4.74 Å². The maximum Gasteiger partial charge on any atom is 0.142 e. The molecular weight excluding hydrogens is 246 g/mol. The third kappa shape index (κ3) is 2.68. The zero-order chi connectivity index (χ0) is 14.0. The molecule has 2 aliphatic heterocycles. The van der Waals surface area contributed by atoms with E-state index in [9.17, 15) is 0 Å². The van der Waals surface area contributed by atoms with Gasteiger partial charge in [0.25, 0.3) is 0 Å². The van der Waals surface area contributed by atoms with Crippen LogP contribution in [-0.2, 0) is 4.74 Å². The standard InChI is InChI=1S/C18H25NO/c1-3-11-18(4-2)12-8-13-19(14-18)17-16(20-17)15-9-6-5-7-10-15/h3,5-7,9-10,16-17H,1,4,8,11-14H2,2H3/t16?,17?,18-/m1/s1. The van der Waals surface area contributed by atoms with Crippen LogP contribution in [0.4, 0.5) is 0 Å². The van der Waals surface area contributed by atoms with E-state index >= 15 is 0 Å². The second kappa shape index (κ2) is 5.71. The van der Waals surface area contributed by atoms with E-state index in [2.05, 4.69) is 54.8 Å². The summed E-state index contributed by atoms with van der Waals surface area (Å²) in [6.07, 6.45) is 7.65. The van der Waals surface area contributed by atoms with Crippen LogP contribution in [0, 0.1) is 5.41 Å². The summed E-state index contributed by atoms with van der Waals surface area (Å²) in [7, 11) is 0. The number of epoxide rings is 1. The molecule has 3 rings (SSSR count). The van der Waals surface area contributed by atoms with E-state index in [4.69, 9.17) is 4.74 Å². The van der Waals surface area contributed by atoms with Crippen LogP contribution in [0.25, 0.3) is 0 Å². The molecule has 0 aromatic heterocycles. The van der Waals surface area contributed by atoms with Gasteiger partial charge in [-0.1, -0.05) is 43.3 Å². The number of hydrogen-bond acceptors (Lipinski definition) is 2. The highest BCUT2D eigenvalue weighted by Gasteiger charge is 2.47. The Bertz CT molecular complexity index is 458. The van der Waals surface area contributed by atoms with Gasteiger partial charge in [0.05, 0.1) is 0 Å². The number of nitrogens with zero attached hydrogens (tertiary/aromatic N) is 1. The Morgan fingerprint density at radius 1 is 1.40 bits per heavy atom. The average Bonchev–Trinajstić information content (AvgIpc) is 3.29. The summed E-state index contributed by atoms with van der Waals surface area (Å²) in [6, 6.07) is 10.6. The molecule has 1 aromatic rings. The van der Waals surface area contributed by atoms with E-state index < -0.39 is 0 Å². The van der Waals surface area contributed by atoms with Gasteiger partial charge in [0, 0.05) is 13.1 Å². The first kappa shape index (κ1) is 13.8. The molecule has 2 heterocycles. The van der Waals surface area contributed by atoms with Gasteiger partial charge in [0.2, 0.25) is 0 Å². The van der Waals surface area contributed by atoms with Crippen LogP contribution >= 0.6 is 0 Å². The van der Waals surface area contributed by atoms with Gasteiger partial charge in [-0.15, -0.1) is 6.58 Å². The first-order chi connectivity index (χ1) is 9.78. The maximum absolute atomic E-state index is 5.96. The minimum atomic E-state index is 0.285. The molecule has 2 unspecified atom stereocenters. The molecule has 2 nitrogen and oxygen atoms in total. The molecule has 0 spiro atoms. The van der Waals surface area contributed by atoms with Gasteiger partial charge in [-0.05, 0) is 36.7 Å². The summed E-state index contributed by atoms with van der Waals surface area (Å²) < 4.78 is 5.96. The van der Waals surface area contributed by atoms with Crippen molar-refractivity contribution in [1.82, 2.24) is 4.90 Å². The van der Waals surface area contributed by atoms with Gasteiger partial charge in [-0.3, -0.25) is 4.90 Å². The zero-order valence-electron chi connectivity index (χ0n) is 12.4. The normalized spacial score (nSPS) is 33.9. The molecular formula is C18H25NO. The molecule has 2 aliphatic rings. The van der Waals surface area contributed by atoms with Crippen LogP contribution in [0.15, 0.2) is 43.0 Å². The average molecular weight is 271 g/mol. The first-order valence-corrected chi connectivity index (χ1v) is 7.83. The molecule has 20 heavy (non-hydrogen) atoms. The van der Waals surface area contributed by atoms with Crippen LogP contribution in [0.2, 0.25) is 0 Å². The van der Waals surface area contributed by atoms with Gasteiger partial charge in [0.15, 0.2) is 0 Å². The molecule has 0 amide bonds. The molecule has 0 bridgehead atoms. The molecule has 0 saturated carbocycles. The molecule has 2 saturated heterocycles. The second-order valence-corrected chi connectivity index (χ2v) is 6.28. The Morgan fingerprint density at radius 2 is 2.20 bits per heavy atom. The summed E-state index contributed by atoms with van der Waals surface area (Å²) in [5.74, 6) is 0. The van der Waals surface area contributed by atoms with Crippen LogP contribution in [0.5, 0.6) is 0 Å². The SMILES string of the molecule is C=CC[C@]1(CC)CCCN(C2OC2c2ccccc2)C1. The summed E-state index contributed by atoms with van der Waals surface area (Å²) in [6.45, 7) is 8.59. The minimum Gasteiger partial charge on any atom is -0.348 e. The van der Waals surface area contributed by atoms with Gasteiger partial charge >= 0.3 is 0 Å². The lowest BCUT2D eigenvalue weighted by molar-refractivity contribution is 0.0515. The Hall–Kier alpha value is -1.12. The smallest absolute Gasteiger partial charge is 0.142 e. The van der Waals surface area contributed by atoms with Crippen molar-refractivity contribution in [3.8, 4) is 0 Å². The van der Waals surface area contributed by atoms with Crippen LogP contribution in [0.3, 0.4) is 0 Å². The molecule has 108 valence electrons. The lowest BCUT2D eigenvalue weighted by atomic mass is 9.75. The van der Waals surface area contributed by atoms with Crippen molar-refractivity contribution in [2.24, 2.45) is 5.41 Å². The van der Waals surface area contributed by atoms with E-state index in [0.717, 1.165) is 13.0 Å². The van der Waals surface area contributed by atoms with E-state index in [1.165, 1.54) is 31.4 Å². The Labute approximate surface area is 122 Å². The fraction of sp³-hybridized carbons (Fsp3) is 0.556. The fourth-order valence-electron chi connectivity index (χ4n) is 3.64. The van der Waals surface area contributed by atoms with Crippen molar-refractivity contribution in [1.29, 1.82) is 0 Å². The van der Waals surface area contributed by atoms with Crippen LogP contribution in [0.1, 0.15) is 44.3 Å². The van der Waals surface area contributed by atoms with Gasteiger partial charge in [0.1, 0.15) is 12.3 Å². The zero-order valence-corrected chi connectivity index (χ0v) is 12.4. The van der Waals surface area contributed by atoms with Gasteiger partial charge < -0.3 is 4.74 Å². The number of allylic oxidation sites excluding steroid dienone is 1. The van der Waals surface area contributed by atoms with Gasteiger partial charge in [-0.2, -0.15) is 0 Å². The van der Waals surface area contributed by atoms with Crippen molar-refractivity contribution >= 4 is 0 Å². The van der Waals surface area contributed by atoms with Crippen molar-refractivity contribution in [3.63, 3.8) is 0 Å². The monoisotopic (exact) mass is 271 g/mol. The number of hydrogen-bond donors (Lipinski definition) is 0. The van der Waals surface area contributed by atoms with Crippen molar-refractivity contribution in [2.45, 2.75) is 44.9 Å². The highest BCUT2D eigenvalue weighted by molar-refractivity contribution is 5.22. The number of rotatable bonds is 5. The first-order valence-electron chi connectivity index (χ1n) is 7.83. The summed E-state index contributed by atoms with van der Waals surface area (Å²) >= 11 is 0. The number of benzene rings is 1. The predicted molar refractivity (Wildman–Crippen MR) is 82.4 cm³/mol. The third-order valence-electron chi connectivity index (χ3n) is 4.97. The second-order valence-electron chi connectivity index (χ2n) is 6.28. The van der Waals surface area contributed by atoms with E-state index in [-0.39, 0.29) is 6.10 Å². The molecule has 1 aromatic carbocycles. The predicted octanol–water partition coefficient (Wildman–Crippen LogP) is 4.15. The molecule has 3 atom stereocenters. The summed E-state index contributed by atoms with van der Waals surface area (Å²) in [5, 5.41) is 0. The van der Waals surface area contributed by atoms with E-state index in [1.807, 2.05) is 0 Å². The quantitative estimate of drug-likeness (QED) is 0.590. The lowest BCUT2D eigenvalue weighted by Crippen LogP contribution is -2.44. The maximum atomic E-state index is 5.96. The lowest BCUT2D eigenvalue weighted by Gasteiger charge is -2.41. The van der Waals surface area contributed by atoms with Gasteiger partial charge in [-0.25, -0.2) is 0 Å². The Kier molecular flexibility index (Phi) is 3.95.